The molecule has 19 heavy (non-hydrogen) atoms. The van der Waals surface area contributed by atoms with Crippen molar-refractivity contribution < 1.29 is 0 Å². The van der Waals surface area contributed by atoms with E-state index in [1.807, 2.05) is 23.1 Å². The summed E-state index contributed by atoms with van der Waals surface area (Å²) in [5, 5.41) is 5.55. The first-order chi connectivity index (χ1) is 9.06. The van der Waals surface area contributed by atoms with E-state index >= 15 is 0 Å². The predicted octanol–water partition coefficient (Wildman–Crippen LogP) is 4.63. The van der Waals surface area contributed by atoms with Crippen molar-refractivity contribution in [2.75, 3.05) is 0 Å². The first-order valence-corrected chi connectivity index (χ1v) is 9.25. The van der Waals surface area contributed by atoms with Gasteiger partial charge in [0.2, 0.25) is 0 Å². The highest BCUT2D eigenvalue weighted by Gasteiger charge is 2.11. The molecule has 4 heteroatoms. The number of nitrogens with one attached hydrogen (secondary N) is 1. The Morgan fingerprint density at radius 2 is 2.00 bits per heavy atom. The standard InChI is InChI=1S/C15H28N2S2/c1-6-8-13-14(9-16-11(3)4)19-15(17-13)10-18-12(5)7-2/h11-12,16H,6-10H2,1-5H3. The lowest BCUT2D eigenvalue weighted by Gasteiger charge is -2.07. The summed E-state index contributed by atoms with van der Waals surface area (Å²) < 4.78 is 0. The summed E-state index contributed by atoms with van der Waals surface area (Å²) >= 11 is 3.92. The Hall–Kier alpha value is -0.0600. The maximum atomic E-state index is 4.84. The number of thioether (sulfide) groups is 1. The van der Waals surface area contributed by atoms with E-state index in [1.165, 1.54) is 28.4 Å². The number of thiazole rings is 1. The molecule has 0 spiro atoms. The molecule has 1 heterocycles. The highest BCUT2D eigenvalue weighted by atomic mass is 32.2. The highest BCUT2D eigenvalue weighted by Crippen LogP contribution is 2.26. The van der Waals surface area contributed by atoms with Crippen molar-refractivity contribution in [3.8, 4) is 0 Å². The van der Waals surface area contributed by atoms with E-state index < -0.39 is 0 Å². The van der Waals surface area contributed by atoms with E-state index in [0.29, 0.717) is 6.04 Å². The number of nitrogens with zero attached hydrogens (tertiary/aromatic N) is 1. The summed E-state index contributed by atoms with van der Waals surface area (Å²) in [4.78, 5) is 6.28. The molecular weight excluding hydrogens is 272 g/mol. The zero-order chi connectivity index (χ0) is 14.3. The van der Waals surface area contributed by atoms with Gasteiger partial charge in [0.25, 0.3) is 0 Å². The van der Waals surface area contributed by atoms with Gasteiger partial charge in [-0.25, -0.2) is 4.98 Å². The largest absolute Gasteiger partial charge is 0.310 e. The maximum Gasteiger partial charge on any atom is 0.103 e. The molecule has 0 fully saturated rings. The number of hydrogen-bond donors (Lipinski definition) is 1. The molecule has 0 saturated carbocycles. The second-order valence-electron chi connectivity index (χ2n) is 5.29. The number of hydrogen-bond acceptors (Lipinski definition) is 4. The summed E-state index contributed by atoms with van der Waals surface area (Å²) in [5.74, 6) is 1.07. The summed E-state index contributed by atoms with van der Waals surface area (Å²) in [6, 6.07) is 0.537. The molecule has 2 nitrogen and oxygen atoms in total. The molecule has 0 amide bonds. The SMILES string of the molecule is CCCc1nc(CSC(C)CC)sc1CNC(C)C. The lowest BCUT2D eigenvalue weighted by molar-refractivity contribution is 0.589. The quantitative estimate of drug-likeness (QED) is 0.720. The van der Waals surface area contributed by atoms with E-state index in [1.54, 1.807) is 0 Å². The average Bonchev–Trinajstić information content (AvgIpc) is 2.76. The average molecular weight is 301 g/mol. The van der Waals surface area contributed by atoms with Crippen LogP contribution >= 0.6 is 23.1 Å². The number of aromatic nitrogens is 1. The zero-order valence-electron chi connectivity index (χ0n) is 13.0. The van der Waals surface area contributed by atoms with Crippen molar-refractivity contribution in [2.24, 2.45) is 0 Å². The van der Waals surface area contributed by atoms with Gasteiger partial charge in [-0.1, -0.05) is 41.0 Å². The Balaban J connectivity index is 2.64. The van der Waals surface area contributed by atoms with Crippen LogP contribution in [0.25, 0.3) is 0 Å². The van der Waals surface area contributed by atoms with Crippen molar-refractivity contribution in [3.63, 3.8) is 0 Å². The molecule has 1 unspecified atom stereocenters. The molecule has 1 N–H and O–H groups in total. The third kappa shape index (κ3) is 6.28. The Kier molecular flexibility index (Phi) is 8.03. The lowest BCUT2D eigenvalue weighted by atomic mass is 10.2. The van der Waals surface area contributed by atoms with Crippen LogP contribution in [0.15, 0.2) is 0 Å². The van der Waals surface area contributed by atoms with Crippen LogP contribution in [0.1, 0.15) is 63.0 Å². The summed E-state index contributed by atoms with van der Waals surface area (Å²) in [7, 11) is 0. The first kappa shape index (κ1) is 17.0. The van der Waals surface area contributed by atoms with Gasteiger partial charge in [0.05, 0.1) is 5.69 Å². The predicted molar refractivity (Wildman–Crippen MR) is 89.1 cm³/mol. The van der Waals surface area contributed by atoms with Gasteiger partial charge in [0.1, 0.15) is 5.01 Å². The topological polar surface area (TPSA) is 24.9 Å². The summed E-state index contributed by atoms with van der Waals surface area (Å²) in [6.45, 7) is 12.1. The van der Waals surface area contributed by atoms with Gasteiger partial charge in [-0.15, -0.1) is 11.3 Å². The molecule has 1 rings (SSSR count). The normalized spacial score (nSPS) is 13.2. The number of aryl methyl sites for hydroxylation is 1. The first-order valence-electron chi connectivity index (χ1n) is 7.39. The second-order valence-corrected chi connectivity index (χ2v) is 7.89. The van der Waals surface area contributed by atoms with Gasteiger partial charge in [0, 0.05) is 28.5 Å². The van der Waals surface area contributed by atoms with Gasteiger partial charge in [0.15, 0.2) is 0 Å². The van der Waals surface area contributed by atoms with Gasteiger partial charge in [-0.3, -0.25) is 0 Å². The van der Waals surface area contributed by atoms with Gasteiger partial charge in [-0.2, -0.15) is 11.8 Å². The van der Waals surface area contributed by atoms with Crippen molar-refractivity contribution in [1.29, 1.82) is 0 Å². The van der Waals surface area contributed by atoms with Gasteiger partial charge < -0.3 is 5.32 Å². The molecule has 0 aliphatic rings. The molecule has 0 aliphatic carbocycles. The smallest absolute Gasteiger partial charge is 0.103 e. The maximum absolute atomic E-state index is 4.84. The van der Waals surface area contributed by atoms with Crippen LogP contribution in [-0.4, -0.2) is 16.3 Å². The Morgan fingerprint density at radius 1 is 1.26 bits per heavy atom. The molecule has 0 saturated heterocycles. The minimum absolute atomic E-state index is 0.537. The second kappa shape index (κ2) is 8.98. The zero-order valence-corrected chi connectivity index (χ0v) is 14.6. The van der Waals surface area contributed by atoms with E-state index in [-0.39, 0.29) is 0 Å². The molecule has 1 aromatic rings. The van der Waals surface area contributed by atoms with E-state index in [4.69, 9.17) is 4.98 Å². The molecule has 0 aromatic carbocycles. The Morgan fingerprint density at radius 3 is 2.58 bits per heavy atom. The van der Waals surface area contributed by atoms with Crippen LogP contribution in [0.3, 0.4) is 0 Å². The van der Waals surface area contributed by atoms with Crippen molar-refractivity contribution >= 4 is 23.1 Å². The molecule has 110 valence electrons. The van der Waals surface area contributed by atoms with Crippen LogP contribution in [0.2, 0.25) is 0 Å². The minimum atomic E-state index is 0.537. The van der Waals surface area contributed by atoms with Gasteiger partial charge in [-0.05, 0) is 12.8 Å². The van der Waals surface area contributed by atoms with Crippen LogP contribution in [0, 0.1) is 0 Å². The monoisotopic (exact) mass is 300 g/mol. The van der Waals surface area contributed by atoms with Gasteiger partial charge >= 0.3 is 0 Å². The fraction of sp³-hybridized carbons (Fsp3) is 0.800. The minimum Gasteiger partial charge on any atom is -0.310 e. The summed E-state index contributed by atoms with van der Waals surface area (Å²) in [5.41, 5.74) is 1.32. The van der Waals surface area contributed by atoms with Crippen LogP contribution in [0.5, 0.6) is 0 Å². The van der Waals surface area contributed by atoms with E-state index in [0.717, 1.165) is 24.0 Å². The van der Waals surface area contributed by atoms with Crippen molar-refractivity contribution in [1.82, 2.24) is 10.3 Å². The van der Waals surface area contributed by atoms with E-state index in [2.05, 4.69) is 39.9 Å². The molecule has 0 aliphatic heterocycles. The fourth-order valence-electron chi connectivity index (χ4n) is 1.70. The third-order valence-electron chi connectivity index (χ3n) is 3.05. The lowest BCUT2D eigenvalue weighted by Crippen LogP contribution is -2.21. The molecular formula is C15H28N2S2. The Bertz CT molecular complexity index is 361. The molecule has 0 bridgehead atoms. The fourth-order valence-corrected chi connectivity index (χ4v) is 3.73. The van der Waals surface area contributed by atoms with Crippen molar-refractivity contribution in [2.45, 2.75) is 77.5 Å². The van der Waals surface area contributed by atoms with Crippen LogP contribution in [0.4, 0.5) is 0 Å². The molecule has 1 aromatic heterocycles. The summed E-state index contributed by atoms with van der Waals surface area (Å²) in [6.07, 6.45) is 3.52. The Labute approximate surface area is 126 Å². The highest BCUT2D eigenvalue weighted by molar-refractivity contribution is 7.99. The van der Waals surface area contributed by atoms with E-state index in [9.17, 15) is 0 Å². The van der Waals surface area contributed by atoms with Crippen LogP contribution in [-0.2, 0) is 18.7 Å². The third-order valence-corrected chi connectivity index (χ3v) is 5.67. The molecule has 1 atom stereocenters. The van der Waals surface area contributed by atoms with Crippen LogP contribution < -0.4 is 5.32 Å². The number of rotatable bonds is 9. The molecule has 0 radical (unpaired) electrons. The van der Waals surface area contributed by atoms with Crippen molar-refractivity contribution in [3.05, 3.63) is 15.6 Å².